The fraction of sp³-hybridized carbons (Fsp3) is 0.533. The van der Waals surface area contributed by atoms with Gasteiger partial charge in [0.25, 0.3) is 0 Å². The molecule has 2 rings (SSSR count). The lowest BCUT2D eigenvalue weighted by molar-refractivity contribution is 0.0137. The molecule has 4 nitrogen and oxygen atoms in total. The molecule has 19 heavy (non-hydrogen) atoms. The normalized spacial score (nSPS) is 23.0. The number of hydrogen-bond donors (Lipinski definition) is 2. The van der Waals surface area contributed by atoms with Crippen molar-refractivity contribution in [1.29, 1.82) is 0 Å². The van der Waals surface area contributed by atoms with Crippen molar-refractivity contribution in [2.75, 3.05) is 5.73 Å². The molecule has 0 aromatic heterocycles. The van der Waals surface area contributed by atoms with Gasteiger partial charge in [-0.15, -0.1) is 0 Å². The molecule has 3 N–H and O–H groups in total. The van der Waals surface area contributed by atoms with E-state index in [1.165, 1.54) is 18.6 Å². The van der Waals surface area contributed by atoms with Crippen molar-refractivity contribution in [1.82, 2.24) is 0 Å². The van der Waals surface area contributed by atoms with Crippen molar-refractivity contribution in [2.45, 2.75) is 45.1 Å². The Kier molecular flexibility index (Phi) is 4.30. The van der Waals surface area contributed by atoms with Gasteiger partial charge in [0.05, 0.1) is 0 Å². The summed E-state index contributed by atoms with van der Waals surface area (Å²) in [6, 6.07) is 4.43. The number of phenols is 1. The maximum atomic E-state index is 12.0. The van der Waals surface area contributed by atoms with Crippen LogP contribution in [0.1, 0.15) is 49.4 Å². The lowest BCUT2D eigenvalue weighted by Gasteiger charge is -2.28. The molecule has 0 saturated heterocycles. The van der Waals surface area contributed by atoms with Crippen LogP contribution in [0.2, 0.25) is 0 Å². The van der Waals surface area contributed by atoms with Gasteiger partial charge in [-0.25, -0.2) is 4.79 Å². The number of rotatable bonds is 3. The Balaban J connectivity index is 2.02. The second-order valence-corrected chi connectivity index (χ2v) is 5.24. The molecule has 1 fully saturated rings. The van der Waals surface area contributed by atoms with Crippen LogP contribution in [0.15, 0.2) is 18.2 Å². The monoisotopic (exact) mass is 263 g/mol. The van der Waals surface area contributed by atoms with Gasteiger partial charge in [0.15, 0.2) is 0 Å². The van der Waals surface area contributed by atoms with E-state index in [0.717, 1.165) is 25.7 Å². The Morgan fingerprint density at radius 2 is 2.26 bits per heavy atom. The Morgan fingerprint density at radius 1 is 1.47 bits per heavy atom. The molecular formula is C15H21NO3. The SMILES string of the molecule is CCC1CCCC(OC(=O)c2cc(N)ccc2O)C1. The van der Waals surface area contributed by atoms with E-state index in [4.69, 9.17) is 10.5 Å². The zero-order valence-corrected chi connectivity index (χ0v) is 11.3. The number of anilines is 1. The van der Waals surface area contributed by atoms with Gasteiger partial charge in [0.1, 0.15) is 17.4 Å². The fourth-order valence-electron chi connectivity index (χ4n) is 2.65. The molecule has 0 heterocycles. The Hall–Kier alpha value is -1.71. The van der Waals surface area contributed by atoms with E-state index in [9.17, 15) is 9.90 Å². The quantitative estimate of drug-likeness (QED) is 0.499. The summed E-state index contributed by atoms with van der Waals surface area (Å²) in [5.74, 6) is 0.0783. The number of nitrogens with two attached hydrogens (primary N) is 1. The van der Waals surface area contributed by atoms with Crippen LogP contribution >= 0.6 is 0 Å². The number of ether oxygens (including phenoxy) is 1. The molecule has 0 spiro atoms. The van der Waals surface area contributed by atoms with Gasteiger partial charge in [-0.2, -0.15) is 0 Å². The third-order valence-electron chi connectivity index (χ3n) is 3.83. The van der Waals surface area contributed by atoms with E-state index < -0.39 is 5.97 Å². The summed E-state index contributed by atoms with van der Waals surface area (Å²) < 4.78 is 5.49. The molecule has 1 aliphatic rings. The average Bonchev–Trinajstić information content (AvgIpc) is 2.41. The summed E-state index contributed by atoms with van der Waals surface area (Å²) in [5.41, 5.74) is 6.22. The molecular weight excluding hydrogens is 242 g/mol. The molecule has 0 radical (unpaired) electrons. The predicted octanol–water partition coefficient (Wildman–Crippen LogP) is 3.10. The highest BCUT2D eigenvalue weighted by Crippen LogP contribution is 2.30. The van der Waals surface area contributed by atoms with Gasteiger partial charge in [0, 0.05) is 5.69 Å². The molecule has 0 aliphatic heterocycles. The maximum absolute atomic E-state index is 12.0. The van der Waals surface area contributed by atoms with Gasteiger partial charge in [0.2, 0.25) is 0 Å². The van der Waals surface area contributed by atoms with E-state index in [0.29, 0.717) is 11.6 Å². The predicted molar refractivity (Wildman–Crippen MR) is 74.0 cm³/mol. The van der Waals surface area contributed by atoms with E-state index in [1.54, 1.807) is 6.07 Å². The molecule has 2 atom stereocenters. The highest BCUT2D eigenvalue weighted by atomic mass is 16.5. The van der Waals surface area contributed by atoms with Crippen LogP contribution in [0.4, 0.5) is 5.69 Å². The maximum Gasteiger partial charge on any atom is 0.342 e. The third kappa shape index (κ3) is 3.40. The smallest absolute Gasteiger partial charge is 0.342 e. The molecule has 4 heteroatoms. The van der Waals surface area contributed by atoms with Crippen LogP contribution in [0.5, 0.6) is 5.75 Å². The minimum atomic E-state index is -0.480. The molecule has 104 valence electrons. The summed E-state index contributed by atoms with van der Waals surface area (Å²) in [7, 11) is 0. The van der Waals surface area contributed by atoms with Crippen molar-refractivity contribution in [3.05, 3.63) is 23.8 Å². The summed E-state index contributed by atoms with van der Waals surface area (Å²) in [6.45, 7) is 2.17. The summed E-state index contributed by atoms with van der Waals surface area (Å²) in [6.07, 6.45) is 5.23. The van der Waals surface area contributed by atoms with E-state index in [-0.39, 0.29) is 17.4 Å². The topological polar surface area (TPSA) is 72.5 Å². The Bertz CT molecular complexity index is 459. The highest BCUT2D eigenvalue weighted by Gasteiger charge is 2.25. The highest BCUT2D eigenvalue weighted by molar-refractivity contribution is 5.93. The molecule has 1 aromatic rings. The van der Waals surface area contributed by atoms with Crippen molar-refractivity contribution >= 4 is 11.7 Å². The van der Waals surface area contributed by atoms with Crippen molar-refractivity contribution in [2.24, 2.45) is 5.92 Å². The molecule has 1 aliphatic carbocycles. The fourth-order valence-corrected chi connectivity index (χ4v) is 2.65. The van der Waals surface area contributed by atoms with Gasteiger partial charge < -0.3 is 15.6 Å². The zero-order valence-electron chi connectivity index (χ0n) is 11.3. The minimum Gasteiger partial charge on any atom is -0.507 e. The van der Waals surface area contributed by atoms with Gasteiger partial charge in [-0.3, -0.25) is 0 Å². The lowest BCUT2D eigenvalue weighted by Crippen LogP contribution is -2.25. The van der Waals surface area contributed by atoms with Crippen molar-refractivity contribution in [3.8, 4) is 5.75 Å². The Labute approximate surface area is 113 Å². The zero-order chi connectivity index (χ0) is 13.8. The summed E-state index contributed by atoms with van der Waals surface area (Å²) in [4.78, 5) is 12.0. The number of nitrogen functional groups attached to an aromatic ring is 1. The van der Waals surface area contributed by atoms with Gasteiger partial charge in [-0.05, 0) is 43.4 Å². The minimum absolute atomic E-state index is 0.0352. The van der Waals surface area contributed by atoms with E-state index >= 15 is 0 Å². The first-order chi connectivity index (χ1) is 9.10. The number of esters is 1. The second kappa shape index (κ2) is 5.95. The van der Waals surface area contributed by atoms with Crippen LogP contribution in [0.3, 0.4) is 0 Å². The Morgan fingerprint density at radius 3 is 3.00 bits per heavy atom. The van der Waals surface area contributed by atoms with Crippen LogP contribution in [-0.2, 0) is 4.74 Å². The lowest BCUT2D eigenvalue weighted by atomic mass is 9.85. The number of carbonyl (C=O) groups is 1. The molecule has 2 unspecified atom stereocenters. The molecule has 0 amide bonds. The number of hydrogen-bond acceptors (Lipinski definition) is 4. The molecule has 0 bridgehead atoms. The summed E-state index contributed by atoms with van der Waals surface area (Å²) in [5, 5.41) is 9.68. The summed E-state index contributed by atoms with van der Waals surface area (Å²) >= 11 is 0. The standard InChI is InChI=1S/C15H21NO3/c1-2-10-4-3-5-12(8-10)19-15(18)13-9-11(16)6-7-14(13)17/h6-7,9-10,12,17H,2-5,8,16H2,1H3. The van der Waals surface area contributed by atoms with E-state index in [2.05, 4.69) is 6.92 Å². The first kappa shape index (κ1) is 13.7. The number of benzene rings is 1. The van der Waals surface area contributed by atoms with Crippen LogP contribution < -0.4 is 5.73 Å². The number of carbonyl (C=O) groups excluding carboxylic acids is 1. The molecule has 1 aromatic carbocycles. The van der Waals surface area contributed by atoms with Gasteiger partial charge in [-0.1, -0.05) is 19.8 Å². The largest absolute Gasteiger partial charge is 0.507 e. The van der Waals surface area contributed by atoms with Crippen molar-refractivity contribution in [3.63, 3.8) is 0 Å². The van der Waals surface area contributed by atoms with E-state index in [1.807, 2.05) is 0 Å². The number of phenolic OH excluding ortho intramolecular Hbond substituents is 1. The van der Waals surface area contributed by atoms with Gasteiger partial charge >= 0.3 is 5.97 Å². The van der Waals surface area contributed by atoms with Crippen molar-refractivity contribution < 1.29 is 14.6 Å². The average molecular weight is 263 g/mol. The number of aromatic hydroxyl groups is 1. The second-order valence-electron chi connectivity index (χ2n) is 5.24. The van der Waals surface area contributed by atoms with Crippen LogP contribution in [-0.4, -0.2) is 17.2 Å². The first-order valence-corrected chi connectivity index (χ1v) is 6.89. The molecule has 1 saturated carbocycles. The van der Waals surface area contributed by atoms with Crippen LogP contribution in [0, 0.1) is 5.92 Å². The first-order valence-electron chi connectivity index (χ1n) is 6.89. The van der Waals surface area contributed by atoms with Crippen LogP contribution in [0.25, 0.3) is 0 Å². The third-order valence-corrected chi connectivity index (χ3v) is 3.83.